The van der Waals surface area contributed by atoms with Crippen LogP contribution in [0.5, 0.6) is 0 Å². The van der Waals surface area contributed by atoms with Gasteiger partial charge in [0, 0.05) is 15.8 Å². The van der Waals surface area contributed by atoms with Crippen molar-refractivity contribution in [1.29, 1.82) is 0 Å². The van der Waals surface area contributed by atoms with Crippen LogP contribution in [0.2, 0.25) is 0 Å². The van der Waals surface area contributed by atoms with Gasteiger partial charge in [-0.2, -0.15) is 0 Å². The SMILES string of the molecule is CCc1ccc(CC(CC)CNC(C)C)s1. The molecule has 1 unspecified atom stereocenters. The van der Waals surface area contributed by atoms with Crippen molar-refractivity contribution in [3.8, 4) is 0 Å². The van der Waals surface area contributed by atoms with Crippen LogP contribution in [0, 0.1) is 5.92 Å². The second-order valence-corrected chi connectivity index (χ2v) is 6.02. The minimum atomic E-state index is 0.601. The van der Waals surface area contributed by atoms with E-state index in [1.54, 1.807) is 4.88 Å². The van der Waals surface area contributed by atoms with E-state index in [0.717, 1.165) is 12.5 Å². The highest BCUT2D eigenvalue weighted by atomic mass is 32.1. The molecule has 2 heteroatoms. The summed E-state index contributed by atoms with van der Waals surface area (Å²) in [4.78, 5) is 3.07. The molecule has 0 saturated carbocycles. The van der Waals surface area contributed by atoms with Gasteiger partial charge in [0.25, 0.3) is 0 Å². The van der Waals surface area contributed by atoms with Crippen LogP contribution < -0.4 is 5.32 Å². The van der Waals surface area contributed by atoms with Crippen LogP contribution in [0.3, 0.4) is 0 Å². The van der Waals surface area contributed by atoms with Gasteiger partial charge in [0.15, 0.2) is 0 Å². The largest absolute Gasteiger partial charge is 0.314 e. The third-order valence-corrected chi connectivity index (χ3v) is 4.20. The Hall–Kier alpha value is -0.340. The highest BCUT2D eigenvalue weighted by Gasteiger charge is 2.09. The Morgan fingerprint density at radius 1 is 1.19 bits per heavy atom. The van der Waals surface area contributed by atoms with E-state index in [-0.39, 0.29) is 0 Å². The zero-order valence-electron chi connectivity index (χ0n) is 11.0. The summed E-state index contributed by atoms with van der Waals surface area (Å²) >= 11 is 1.98. The number of hydrogen-bond donors (Lipinski definition) is 1. The molecule has 92 valence electrons. The Kier molecular flexibility index (Phi) is 6.07. The summed E-state index contributed by atoms with van der Waals surface area (Å²) in [5, 5.41) is 3.54. The molecule has 16 heavy (non-hydrogen) atoms. The first-order chi connectivity index (χ1) is 7.65. The van der Waals surface area contributed by atoms with Crippen LogP contribution in [-0.4, -0.2) is 12.6 Å². The first-order valence-electron chi connectivity index (χ1n) is 6.46. The van der Waals surface area contributed by atoms with Crippen molar-refractivity contribution in [1.82, 2.24) is 5.32 Å². The second kappa shape index (κ2) is 7.08. The van der Waals surface area contributed by atoms with Gasteiger partial charge < -0.3 is 5.32 Å². The number of rotatable bonds is 7. The Bertz CT molecular complexity index is 291. The van der Waals surface area contributed by atoms with Gasteiger partial charge in [-0.05, 0) is 37.4 Å². The maximum Gasteiger partial charge on any atom is 0.00514 e. The third kappa shape index (κ3) is 4.67. The fraction of sp³-hybridized carbons (Fsp3) is 0.714. The fourth-order valence-electron chi connectivity index (χ4n) is 1.77. The number of nitrogens with one attached hydrogen (secondary N) is 1. The highest BCUT2D eigenvalue weighted by molar-refractivity contribution is 7.11. The van der Waals surface area contributed by atoms with E-state index < -0.39 is 0 Å². The van der Waals surface area contributed by atoms with Gasteiger partial charge in [-0.15, -0.1) is 11.3 Å². The van der Waals surface area contributed by atoms with E-state index in [2.05, 4.69) is 45.1 Å². The zero-order chi connectivity index (χ0) is 12.0. The Morgan fingerprint density at radius 3 is 2.38 bits per heavy atom. The summed E-state index contributed by atoms with van der Waals surface area (Å²) in [5.74, 6) is 0.783. The highest BCUT2D eigenvalue weighted by Crippen LogP contribution is 2.21. The Balaban J connectivity index is 2.42. The molecule has 0 aliphatic heterocycles. The molecule has 1 N–H and O–H groups in total. The van der Waals surface area contributed by atoms with Crippen LogP contribution >= 0.6 is 11.3 Å². The van der Waals surface area contributed by atoms with E-state index >= 15 is 0 Å². The van der Waals surface area contributed by atoms with Crippen LogP contribution in [0.1, 0.15) is 43.9 Å². The predicted octanol–water partition coefficient (Wildman–Crippen LogP) is 3.88. The Labute approximate surface area is 104 Å². The molecule has 0 saturated heterocycles. The van der Waals surface area contributed by atoms with E-state index in [1.807, 2.05) is 11.3 Å². The van der Waals surface area contributed by atoms with Crippen LogP contribution in [0.4, 0.5) is 0 Å². The van der Waals surface area contributed by atoms with Crippen LogP contribution in [0.15, 0.2) is 12.1 Å². The van der Waals surface area contributed by atoms with Crippen molar-refractivity contribution >= 4 is 11.3 Å². The van der Waals surface area contributed by atoms with E-state index in [9.17, 15) is 0 Å². The standard InChI is InChI=1S/C14H25NS/c1-5-12(10-15-11(3)4)9-14-8-7-13(6-2)16-14/h7-8,11-12,15H,5-6,9-10H2,1-4H3. The van der Waals surface area contributed by atoms with Crippen molar-refractivity contribution in [2.45, 2.75) is 53.0 Å². The molecule has 0 aromatic carbocycles. The summed E-state index contributed by atoms with van der Waals surface area (Å²) < 4.78 is 0. The molecule has 1 heterocycles. The quantitative estimate of drug-likeness (QED) is 0.761. The van der Waals surface area contributed by atoms with Gasteiger partial charge in [0.1, 0.15) is 0 Å². The van der Waals surface area contributed by atoms with Gasteiger partial charge in [0.05, 0.1) is 0 Å². The van der Waals surface area contributed by atoms with Crippen LogP contribution in [-0.2, 0) is 12.8 Å². The maximum absolute atomic E-state index is 3.54. The van der Waals surface area contributed by atoms with E-state index in [4.69, 9.17) is 0 Å². The van der Waals surface area contributed by atoms with Crippen molar-refractivity contribution in [2.75, 3.05) is 6.54 Å². The molecule has 0 aliphatic rings. The first-order valence-corrected chi connectivity index (χ1v) is 7.28. The fourth-order valence-corrected chi connectivity index (χ4v) is 2.84. The number of aryl methyl sites for hydroxylation is 1. The summed E-state index contributed by atoms with van der Waals surface area (Å²) in [6, 6.07) is 5.19. The van der Waals surface area contributed by atoms with Crippen LogP contribution in [0.25, 0.3) is 0 Å². The number of hydrogen-bond acceptors (Lipinski definition) is 2. The molecular formula is C14H25NS. The minimum Gasteiger partial charge on any atom is -0.314 e. The topological polar surface area (TPSA) is 12.0 Å². The molecule has 0 spiro atoms. The van der Waals surface area contributed by atoms with Crippen molar-refractivity contribution in [3.05, 3.63) is 21.9 Å². The smallest absolute Gasteiger partial charge is 0.00514 e. The second-order valence-electron chi connectivity index (χ2n) is 4.76. The van der Waals surface area contributed by atoms with Gasteiger partial charge >= 0.3 is 0 Å². The molecule has 0 radical (unpaired) electrons. The summed E-state index contributed by atoms with van der Waals surface area (Å²) in [6.45, 7) is 10.1. The molecule has 1 nitrogen and oxygen atoms in total. The zero-order valence-corrected chi connectivity index (χ0v) is 11.9. The lowest BCUT2D eigenvalue weighted by molar-refractivity contribution is 0.438. The first kappa shape index (κ1) is 13.7. The minimum absolute atomic E-state index is 0.601. The molecule has 1 aromatic rings. The molecule has 0 aliphatic carbocycles. The molecule has 0 fully saturated rings. The molecule has 0 amide bonds. The van der Waals surface area contributed by atoms with Crippen molar-refractivity contribution in [3.63, 3.8) is 0 Å². The normalized spacial score (nSPS) is 13.3. The molecule has 1 atom stereocenters. The molecular weight excluding hydrogens is 214 g/mol. The molecule has 1 aromatic heterocycles. The summed E-state index contributed by atoms with van der Waals surface area (Å²) in [7, 11) is 0. The van der Waals surface area contributed by atoms with Crippen molar-refractivity contribution < 1.29 is 0 Å². The van der Waals surface area contributed by atoms with E-state index in [1.165, 1.54) is 24.1 Å². The maximum atomic E-state index is 3.54. The third-order valence-electron chi connectivity index (χ3n) is 2.95. The Morgan fingerprint density at radius 2 is 1.88 bits per heavy atom. The van der Waals surface area contributed by atoms with Gasteiger partial charge in [-0.25, -0.2) is 0 Å². The monoisotopic (exact) mass is 239 g/mol. The predicted molar refractivity (Wildman–Crippen MR) is 74.3 cm³/mol. The van der Waals surface area contributed by atoms with Gasteiger partial charge in [0.2, 0.25) is 0 Å². The van der Waals surface area contributed by atoms with Gasteiger partial charge in [-0.1, -0.05) is 34.1 Å². The summed E-state index contributed by atoms with van der Waals surface area (Å²) in [5.41, 5.74) is 0. The molecule has 0 bridgehead atoms. The van der Waals surface area contributed by atoms with Gasteiger partial charge in [-0.3, -0.25) is 0 Å². The number of thiophene rings is 1. The average Bonchev–Trinajstić information content (AvgIpc) is 2.71. The van der Waals surface area contributed by atoms with Crippen molar-refractivity contribution in [2.24, 2.45) is 5.92 Å². The lowest BCUT2D eigenvalue weighted by atomic mass is 10.0. The van der Waals surface area contributed by atoms with E-state index in [0.29, 0.717) is 6.04 Å². The lowest BCUT2D eigenvalue weighted by Gasteiger charge is -2.16. The molecule has 1 rings (SSSR count). The summed E-state index contributed by atoms with van der Waals surface area (Å²) in [6.07, 6.45) is 3.67. The lowest BCUT2D eigenvalue weighted by Crippen LogP contribution is -2.29. The average molecular weight is 239 g/mol.